The zero-order chi connectivity index (χ0) is 23.4. The molecule has 0 aliphatic carbocycles. The third kappa shape index (κ3) is 6.47. The number of nitrogens with zero attached hydrogens (tertiary/aromatic N) is 2. The average molecular weight is 478 g/mol. The molecule has 1 aromatic carbocycles. The molecule has 0 aliphatic rings. The van der Waals surface area contributed by atoms with Crippen molar-refractivity contribution in [2.24, 2.45) is 5.41 Å². The second-order valence-electron chi connectivity index (χ2n) is 8.67. The van der Waals surface area contributed by atoms with E-state index in [2.05, 4.69) is 52.2 Å². The molecule has 2 aromatic heterocycles. The lowest BCUT2D eigenvalue weighted by molar-refractivity contribution is 0.379. The number of halogens is 1. The maximum absolute atomic E-state index is 14.7. The van der Waals surface area contributed by atoms with Gasteiger partial charge < -0.3 is 10.6 Å². The van der Waals surface area contributed by atoms with E-state index in [1.165, 1.54) is 28.3 Å². The molecule has 2 heterocycles. The minimum absolute atomic E-state index is 0.132. The number of thiazole rings is 1. The molecule has 0 spiro atoms. The van der Waals surface area contributed by atoms with Crippen LogP contribution in [0.5, 0.6) is 0 Å². The first-order chi connectivity index (χ1) is 15.0. The number of anilines is 2. The van der Waals surface area contributed by atoms with Gasteiger partial charge >= 0.3 is 0 Å². The first-order valence-electron chi connectivity index (χ1n) is 10.1. The van der Waals surface area contributed by atoms with Gasteiger partial charge in [-0.15, -0.1) is 11.3 Å². The summed E-state index contributed by atoms with van der Waals surface area (Å²) in [6.45, 7) is 10.2. The van der Waals surface area contributed by atoms with E-state index in [-0.39, 0.29) is 11.2 Å². The first-order valence-corrected chi connectivity index (χ1v) is 12.6. The standard InChI is InChI=1S/C22H28FN5O2S2/c1-15-19(9-18(23)21(27-15)32(29,30)28-20-12-31-14-26-20)25-11-17-8-6-5-7-16(17)10-24-13-22(2,3)4/h5-9,12,14,24-25,28H,10-11,13H2,1-4H3. The summed E-state index contributed by atoms with van der Waals surface area (Å²) in [5, 5.41) is 7.52. The highest BCUT2D eigenvalue weighted by Crippen LogP contribution is 2.23. The lowest BCUT2D eigenvalue weighted by atomic mass is 9.97. The van der Waals surface area contributed by atoms with Gasteiger partial charge in [0.25, 0.3) is 10.0 Å². The van der Waals surface area contributed by atoms with Crippen molar-refractivity contribution in [1.82, 2.24) is 15.3 Å². The number of rotatable bonds is 9. The molecule has 0 fully saturated rings. The normalized spacial score (nSPS) is 12.0. The summed E-state index contributed by atoms with van der Waals surface area (Å²) in [7, 11) is -4.18. The number of hydrogen-bond acceptors (Lipinski definition) is 7. The zero-order valence-electron chi connectivity index (χ0n) is 18.6. The van der Waals surface area contributed by atoms with Crippen LogP contribution in [0, 0.1) is 18.2 Å². The smallest absolute Gasteiger partial charge is 0.283 e. The van der Waals surface area contributed by atoms with Crippen molar-refractivity contribution in [3.63, 3.8) is 0 Å². The number of hydrogen-bond donors (Lipinski definition) is 3. The van der Waals surface area contributed by atoms with E-state index in [1.54, 1.807) is 6.92 Å². The highest BCUT2D eigenvalue weighted by Gasteiger charge is 2.23. The van der Waals surface area contributed by atoms with Gasteiger partial charge in [-0.25, -0.2) is 14.4 Å². The maximum Gasteiger partial charge on any atom is 0.283 e. The maximum atomic E-state index is 14.7. The van der Waals surface area contributed by atoms with Gasteiger partial charge in [-0.3, -0.25) is 4.72 Å². The number of sulfonamides is 1. The molecule has 3 rings (SSSR count). The molecule has 10 heteroatoms. The van der Waals surface area contributed by atoms with Crippen LogP contribution >= 0.6 is 11.3 Å². The van der Waals surface area contributed by atoms with E-state index in [4.69, 9.17) is 0 Å². The van der Waals surface area contributed by atoms with Gasteiger partial charge in [0, 0.05) is 31.1 Å². The van der Waals surface area contributed by atoms with Gasteiger partial charge in [0.05, 0.1) is 16.9 Å². The summed E-state index contributed by atoms with van der Waals surface area (Å²) in [5.41, 5.74) is 4.69. The highest BCUT2D eigenvalue weighted by molar-refractivity contribution is 7.92. The zero-order valence-corrected chi connectivity index (χ0v) is 20.2. The van der Waals surface area contributed by atoms with Crippen molar-refractivity contribution in [2.45, 2.75) is 45.8 Å². The number of nitrogens with one attached hydrogen (secondary N) is 3. The molecule has 0 radical (unpaired) electrons. The van der Waals surface area contributed by atoms with Gasteiger partial charge in [0.15, 0.2) is 11.6 Å². The van der Waals surface area contributed by atoms with E-state index >= 15 is 0 Å². The van der Waals surface area contributed by atoms with Crippen LogP contribution in [0.3, 0.4) is 0 Å². The van der Waals surface area contributed by atoms with Crippen LogP contribution in [-0.4, -0.2) is 24.9 Å². The van der Waals surface area contributed by atoms with E-state index in [0.717, 1.165) is 24.2 Å². The van der Waals surface area contributed by atoms with Crippen molar-refractivity contribution in [3.05, 3.63) is 63.9 Å². The Morgan fingerprint density at radius 3 is 2.44 bits per heavy atom. The van der Waals surface area contributed by atoms with Crippen molar-refractivity contribution in [2.75, 3.05) is 16.6 Å². The summed E-state index contributed by atoms with van der Waals surface area (Å²) in [6.07, 6.45) is 0. The van der Waals surface area contributed by atoms with Gasteiger partial charge in [0.1, 0.15) is 0 Å². The highest BCUT2D eigenvalue weighted by atomic mass is 32.2. The fourth-order valence-corrected chi connectivity index (χ4v) is 4.66. The van der Waals surface area contributed by atoms with Crippen LogP contribution in [0.15, 0.2) is 46.2 Å². The Morgan fingerprint density at radius 2 is 1.81 bits per heavy atom. The Bertz CT molecular complexity index is 1160. The van der Waals surface area contributed by atoms with Crippen molar-refractivity contribution in [1.29, 1.82) is 0 Å². The van der Waals surface area contributed by atoms with E-state index in [1.807, 2.05) is 18.2 Å². The molecular formula is C22H28FN5O2S2. The number of aryl methyl sites for hydroxylation is 1. The van der Waals surface area contributed by atoms with Crippen molar-refractivity contribution < 1.29 is 12.8 Å². The minimum Gasteiger partial charge on any atom is -0.379 e. The summed E-state index contributed by atoms with van der Waals surface area (Å²) in [5.74, 6) is -0.798. The fraction of sp³-hybridized carbons (Fsp3) is 0.364. The van der Waals surface area contributed by atoms with E-state index in [0.29, 0.717) is 17.9 Å². The Labute approximate surface area is 192 Å². The van der Waals surface area contributed by atoms with E-state index in [9.17, 15) is 12.8 Å². The van der Waals surface area contributed by atoms with Crippen LogP contribution in [0.25, 0.3) is 0 Å². The van der Waals surface area contributed by atoms with Crippen LogP contribution in [0.4, 0.5) is 15.9 Å². The number of aromatic nitrogens is 2. The molecule has 0 bridgehead atoms. The second kappa shape index (κ2) is 9.93. The van der Waals surface area contributed by atoms with E-state index < -0.39 is 20.9 Å². The summed E-state index contributed by atoms with van der Waals surface area (Å²) in [6, 6.07) is 9.17. The third-order valence-corrected chi connectivity index (χ3v) is 6.48. The van der Waals surface area contributed by atoms with Gasteiger partial charge in [0.2, 0.25) is 5.03 Å². The summed E-state index contributed by atoms with van der Waals surface area (Å²) < 4.78 is 41.9. The number of benzene rings is 1. The molecular weight excluding hydrogens is 449 g/mol. The third-order valence-electron chi connectivity index (χ3n) is 4.62. The van der Waals surface area contributed by atoms with Gasteiger partial charge in [-0.1, -0.05) is 45.0 Å². The molecule has 7 nitrogen and oxygen atoms in total. The second-order valence-corrected chi connectivity index (χ2v) is 11.0. The van der Waals surface area contributed by atoms with Crippen molar-refractivity contribution in [3.8, 4) is 0 Å². The predicted octanol–water partition coefficient (Wildman–Crippen LogP) is 4.53. The SMILES string of the molecule is Cc1nc(S(=O)(=O)Nc2cscn2)c(F)cc1NCc1ccccc1CNCC(C)(C)C. The topological polar surface area (TPSA) is 96.0 Å². The van der Waals surface area contributed by atoms with Crippen molar-refractivity contribution >= 4 is 32.9 Å². The molecule has 0 saturated carbocycles. The molecule has 0 amide bonds. The van der Waals surface area contributed by atoms with Crippen LogP contribution in [-0.2, 0) is 23.1 Å². The van der Waals surface area contributed by atoms with Crippen LogP contribution in [0.1, 0.15) is 37.6 Å². The molecule has 3 N–H and O–H groups in total. The Morgan fingerprint density at radius 1 is 1.12 bits per heavy atom. The predicted molar refractivity (Wildman–Crippen MR) is 127 cm³/mol. The first kappa shape index (κ1) is 24.1. The molecule has 0 unspecified atom stereocenters. The monoisotopic (exact) mass is 477 g/mol. The Hall–Kier alpha value is -2.56. The molecule has 0 saturated heterocycles. The van der Waals surface area contributed by atoms with Crippen LogP contribution in [0.2, 0.25) is 0 Å². The number of pyridine rings is 1. The quantitative estimate of drug-likeness (QED) is 0.419. The molecule has 32 heavy (non-hydrogen) atoms. The lowest BCUT2D eigenvalue weighted by Crippen LogP contribution is -2.26. The summed E-state index contributed by atoms with van der Waals surface area (Å²) >= 11 is 1.23. The fourth-order valence-electron chi connectivity index (χ4n) is 3.04. The largest absolute Gasteiger partial charge is 0.379 e. The van der Waals surface area contributed by atoms with Gasteiger partial charge in [-0.05, 0) is 23.5 Å². The molecule has 0 atom stereocenters. The van der Waals surface area contributed by atoms with Crippen LogP contribution < -0.4 is 15.4 Å². The molecule has 3 aromatic rings. The Balaban J connectivity index is 1.72. The van der Waals surface area contributed by atoms with Gasteiger partial charge in [-0.2, -0.15) is 8.42 Å². The lowest BCUT2D eigenvalue weighted by Gasteiger charge is -2.20. The summed E-state index contributed by atoms with van der Waals surface area (Å²) in [4.78, 5) is 7.87. The minimum atomic E-state index is -4.18. The molecule has 0 aliphatic heterocycles. The Kier molecular flexibility index (Phi) is 7.47. The average Bonchev–Trinajstić information content (AvgIpc) is 3.20. The molecule has 172 valence electrons.